The van der Waals surface area contributed by atoms with Gasteiger partial charge in [-0.2, -0.15) is 0 Å². The van der Waals surface area contributed by atoms with Gasteiger partial charge in [0.05, 0.1) is 0 Å². The van der Waals surface area contributed by atoms with Gasteiger partial charge in [-0.1, -0.05) is 12.1 Å². The van der Waals surface area contributed by atoms with Crippen molar-refractivity contribution in [3.63, 3.8) is 0 Å². The van der Waals surface area contributed by atoms with Crippen LogP contribution in [0.25, 0.3) is 0 Å². The van der Waals surface area contributed by atoms with Gasteiger partial charge < -0.3 is 4.90 Å². The molecule has 0 heterocycles. The van der Waals surface area contributed by atoms with Crippen molar-refractivity contribution >= 4 is 48.6 Å². The Morgan fingerprint density at radius 3 is 2.50 bits per heavy atom. The second kappa shape index (κ2) is 7.58. The molecular formula is C16H17BrN2O3S2. The minimum Gasteiger partial charge on any atom is -0.339 e. The smallest absolute Gasteiger partial charge is 0.285 e. The molecule has 8 heteroatoms. The van der Waals surface area contributed by atoms with Gasteiger partial charge in [0, 0.05) is 29.2 Å². The summed E-state index contributed by atoms with van der Waals surface area (Å²) in [6, 6.07) is 11.8. The standard InChI is InChI=1S/C16H17BrN2O3S2/c1-11-7-8-15(14(17)9-11)24(21,22)18-12-5-4-6-13(10-12)23-16(20)19(2)3/h4-10,18H,1-3H3. The van der Waals surface area contributed by atoms with Crippen LogP contribution in [0.1, 0.15) is 5.56 Å². The van der Waals surface area contributed by atoms with Crippen LogP contribution < -0.4 is 4.72 Å². The van der Waals surface area contributed by atoms with E-state index in [4.69, 9.17) is 0 Å². The molecule has 0 saturated carbocycles. The van der Waals surface area contributed by atoms with Crippen LogP contribution in [0.15, 0.2) is 56.7 Å². The first-order valence-electron chi connectivity index (χ1n) is 6.97. The molecule has 0 saturated heterocycles. The number of hydrogen-bond donors (Lipinski definition) is 1. The highest BCUT2D eigenvalue weighted by Gasteiger charge is 2.18. The van der Waals surface area contributed by atoms with Gasteiger partial charge in [-0.05, 0) is 70.5 Å². The van der Waals surface area contributed by atoms with Crippen LogP contribution in [0, 0.1) is 6.92 Å². The maximum atomic E-state index is 12.6. The number of amides is 1. The third-order valence-electron chi connectivity index (χ3n) is 3.03. The van der Waals surface area contributed by atoms with Crippen molar-refractivity contribution in [3.05, 3.63) is 52.5 Å². The largest absolute Gasteiger partial charge is 0.339 e. The van der Waals surface area contributed by atoms with Crippen LogP contribution in [0.4, 0.5) is 10.5 Å². The number of anilines is 1. The lowest BCUT2D eigenvalue weighted by Gasteiger charge is -2.12. The Morgan fingerprint density at radius 2 is 1.88 bits per heavy atom. The fourth-order valence-electron chi connectivity index (χ4n) is 1.85. The summed E-state index contributed by atoms with van der Waals surface area (Å²) in [5, 5.41) is -0.128. The van der Waals surface area contributed by atoms with Gasteiger partial charge in [-0.3, -0.25) is 9.52 Å². The highest BCUT2D eigenvalue weighted by atomic mass is 79.9. The van der Waals surface area contributed by atoms with Crippen molar-refractivity contribution in [2.45, 2.75) is 16.7 Å². The Bertz CT molecular complexity index is 867. The number of hydrogen-bond acceptors (Lipinski definition) is 4. The van der Waals surface area contributed by atoms with E-state index in [9.17, 15) is 13.2 Å². The maximum absolute atomic E-state index is 12.6. The van der Waals surface area contributed by atoms with E-state index in [1.54, 1.807) is 56.6 Å². The molecule has 0 fully saturated rings. The summed E-state index contributed by atoms with van der Waals surface area (Å²) >= 11 is 4.32. The Hall–Kier alpha value is -1.51. The highest BCUT2D eigenvalue weighted by molar-refractivity contribution is 9.10. The zero-order chi connectivity index (χ0) is 17.9. The van der Waals surface area contributed by atoms with Gasteiger partial charge in [0.1, 0.15) is 4.90 Å². The summed E-state index contributed by atoms with van der Waals surface area (Å²) in [5.74, 6) is 0. The van der Waals surface area contributed by atoms with Gasteiger partial charge in [-0.15, -0.1) is 0 Å². The topological polar surface area (TPSA) is 66.5 Å². The lowest BCUT2D eigenvalue weighted by Crippen LogP contribution is -2.16. The average Bonchev–Trinajstić information content (AvgIpc) is 2.46. The average molecular weight is 429 g/mol. The molecule has 0 unspecified atom stereocenters. The van der Waals surface area contributed by atoms with Gasteiger partial charge in [0.25, 0.3) is 15.3 Å². The minimum atomic E-state index is -3.72. The number of nitrogens with one attached hydrogen (secondary N) is 1. The molecule has 24 heavy (non-hydrogen) atoms. The van der Waals surface area contributed by atoms with E-state index in [1.165, 1.54) is 4.90 Å². The molecule has 0 aliphatic rings. The Labute approximate surface area is 154 Å². The van der Waals surface area contributed by atoms with Crippen molar-refractivity contribution in [1.82, 2.24) is 4.90 Å². The first kappa shape index (κ1) is 18.8. The van der Waals surface area contributed by atoms with E-state index in [0.29, 0.717) is 15.1 Å². The van der Waals surface area contributed by atoms with Crippen LogP contribution in [0.2, 0.25) is 0 Å². The molecule has 0 aromatic heterocycles. The molecule has 5 nitrogen and oxygen atoms in total. The molecule has 2 rings (SSSR count). The molecule has 128 valence electrons. The van der Waals surface area contributed by atoms with E-state index in [0.717, 1.165) is 17.3 Å². The Morgan fingerprint density at radius 1 is 1.17 bits per heavy atom. The minimum absolute atomic E-state index is 0.128. The number of halogens is 1. The number of rotatable bonds is 4. The summed E-state index contributed by atoms with van der Waals surface area (Å²) < 4.78 is 28.1. The number of sulfonamides is 1. The predicted molar refractivity (Wildman–Crippen MR) is 101 cm³/mol. The van der Waals surface area contributed by atoms with Crippen LogP contribution in [-0.4, -0.2) is 32.7 Å². The zero-order valence-electron chi connectivity index (χ0n) is 13.4. The quantitative estimate of drug-likeness (QED) is 0.735. The normalized spacial score (nSPS) is 11.2. The van der Waals surface area contributed by atoms with Crippen LogP contribution >= 0.6 is 27.7 Å². The van der Waals surface area contributed by atoms with E-state index in [-0.39, 0.29) is 10.1 Å². The SMILES string of the molecule is Cc1ccc(S(=O)(=O)Nc2cccc(SC(=O)N(C)C)c2)c(Br)c1. The number of nitrogens with zero attached hydrogens (tertiary/aromatic N) is 1. The van der Waals surface area contributed by atoms with Crippen LogP contribution in [0.3, 0.4) is 0 Å². The molecule has 0 spiro atoms. The molecule has 0 radical (unpaired) electrons. The Balaban J connectivity index is 2.25. The molecule has 2 aromatic rings. The lowest BCUT2D eigenvalue weighted by molar-refractivity contribution is 0.241. The van der Waals surface area contributed by atoms with Crippen LogP contribution in [-0.2, 0) is 10.0 Å². The summed E-state index contributed by atoms with van der Waals surface area (Å²) in [4.78, 5) is 14.0. The first-order valence-corrected chi connectivity index (χ1v) is 10.1. The summed E-state index contributed by atoms with van der Waals surface area (Å²) in [5.41, 5.74) is 1.36. The van der Waals surface area contributed by atoms with E-state index < -0.39 is 10.0 Å². The molecule has 0 atom stereocenters. The second-order valence-electron chi connectivity index (χ2n) is 5.33. The number of carbonyl (C=O) groups is 1. The van der Waals surface area contributed by atoms with Gasteiger partial charge in [-0.25, -0.2) is 8.42 Å². The molecule has 0 aliphatic carbocycles. The lowest BCUT2D eigenvalue weighted by atomic mass is 10.2. The molecule has 1 N–H and O–H groups in total. The first-order chi connectivity index (χ1) is 11.2. The van der Waals surface area contributed by atoms with Gasteiger partial charge in [0.2, 0.25) is 0 Å². The second-order valence-corrected chi connectivity index (χ2v) is 8.86. The number of benzene rings is 2. The third-order valence-corrected chi connectivity index (χ3v) is 6.42. The third kappa shape index (κ3) is 4.75. The molecule has 1 amide bonds. The van der Waals surface area contributed by atoms with Crippen molar-refractivity contribution in [3.8, 4) is 0 Å². The fraction of sp³-hybridized carbons (Fsp3) is 0.188. The molecule has 0 bridgehead atoms. The molecule has 2 aromatic carbocycles. The zero-order valence-corrected chi connectivity index (χ0v) is 16.6. The molecule has 0 aliphatic heterocycles. The van der Waals surface area contributed by atoms with E-state index in [2.05, 4.69) is 20.7 Å². The number of aryl methyl sites for hydroxylation is 1. The van der Waals surface area contributed by atoms with E-state index in [1.807, 2.05) is 6.92 Å². The highest BCUT2D eigenvalue weighted by Crippen LogP contribution is 2.28. The fourth-order valence-corrected chi connectivity index (χ4v) is 4.81. The number of thioether (sulfide) groups is 1. The van der Waals surface area contributed by atoms with Crippen LogP contribution in [0.5, 0.6) is 0 Å². The molecular weight excluding hydrogens is 412 g/mol. The van der Waals surface area contributed by atoms with Gasteiger partial charge >= 0.3 is 0 Å². The summed E-state index contributed by atoms with van der Waals surface area (Å²) in [7, 11) is -0.397. The number of carbonyl (C=O) groups excluding carboxylic acids is 1. The van der Waals surface area contributed by atoms with E-state index >= 15 is 0 Å². The summed E-state index contributed by atoms with van der Waals surface area (Å²) in [6.45, 7) is 1.89. The van der Waals surface area contributed by atoms with Gasteiger partial charge in [0.15, 0.2) is 0 Å². The van der Waals surface area contributed by atoms with Crippen molar-refractivity contribution in [2.75, 3.05) is 18.8 Å². The van der Waals surface area contributed by atoms with Crippen molar-refractivity contribution < 1.29 is 13.2 Å². The maximum Gasteiger partial charge on any atom is 0.285 e. The summed E-state index contributed by atoms with van der Waals surface area (Å²) in [6.07, 6.45) is 0. The van der Waals surface area contributed by atoms with Crippen molar-refractivity contribution in [2.24, 2.45) is 0 Å². The van der Waals surface area contributed by atoms with Crippen molar-refractivity contribution in [1.29, 1.82) is 0 Å². The monoisotopic (exact) mass is 428 g/mol. The Kier molecular flexibility index (Phi) is 5.95. The predicted octanol–water partition coefficient (Wildman–Crippen LogP) is 4.33.